The molecule has 0 radical (unpaired) electrons. The van der Waals surface area contributed by atoms with Crippen LogP contribution in [-0.4, -0.2) is 4.98 Å². The van der Waals surface area contributed by atoms with Crippen molar-refractivity contribution < 1.29 is 0 Å². The van der Waals surface area contributed by atoms with Crippen LogP contribution in [0.15, 0.2) is 36.5 Å². The van der Waals surface area contributed by atoms with E-state index in [2.05, 4.69) is 36.2 Å². The van der Waals surface area contributed by atoms with E-state index in [-0.39, 0.29) is 0 Å². The monoisotopic (exact) mass is 185 g/mol. The highest BCUT2D eigenvalue weighted by Crippen LogP contribution is 2.14. The van der Waals surface area contributed by atoms with Gasteiger partial charge >= 0.3 is 0 Å². The van der Waals surface area contributed by atoms with Crippen molar-refractivity contribution in [2.24, 2.45) is 0 Å². The first kappa shape index (κ1) is 9.20. The Bertz CT molecular complexity index is 420. The molecular formula is C13H15N. The molecule has 2 aromatic rings. The molecule has 1 aromatic carbocycles. The fourth-order valence-corrected chi connectivity index (χ4v) is 1.65. The van der Waals surface area contributed by atoms with E-state index in [4.69, 9.17) is 0 Å². The van der Waals surface area contributed by atoms with Crippen molar-refractivity contribution in [2.45, 2.75) is 26.2 Å². The summed E-state index contributed by atoms with van der Waals surface area (Å²) in [6, 6.07) is 10.7. The zero-order valence-electron chi connectivity index (χ0n) is 8.53. The molecule has 1 nitrogen and oxygen atoms in total. The fraction of sp³-hybridized carbons (Fsp3) is 0.308. The van der Waals surface area contributed by atoms with Crippen LogP contribution in [0, 0.1) is 0 Å². The van der Waals surface area contributed by atoms with E-state index in [0.29, 0.717) is 0 Å². The Kier molecular flexibility index (Phi) is 2.78. The molecule has 0 unspecified atom stereocenters. The van der Waals surface area contributed by atoms with E-state index in [1.165, 1.54) is 30.2 Å². The highest BCUT2D eigenvalue weighted by atomic mass is 14.6. The lowest BCUT2D eigenvalue weighted by Crippen LogP contribution is -1.85. The summed E-state index contributed by atoms with van der Waals surface area (Å²) in [7, 11) is 0. The second-order valence-electron chi connectivity index (χ2n) is 3.63. The van der Waals surface area contributed by atoms with E-state index in [1.807, 2.05) is 12.3 Å². The minimum atomic E-state index is 1.11. The molecule has 2 rings (SSSR count). The van der Waals surface area contributed by atoms with Gasteiger partial charge in [0.2, 0.25) is 0 Å². The average molecular weight is 185 g/mol. The van der Waals surface area contributed by atoms with E-state index < -0.39 is 0 Å². The highest BCUT2D eigenvalue weighted by molar-refractivity contribution is 5.78. The Morgan fingerprint density at radius 2 is 2.14 bits per heavy atom. The smallest absolute Gasteiger partial charge is 0.0704 e. The van der Waals surface area contributed by atoms with Gasteiger partial charge in [0.1, 0.15) is 0 Å². The summed E-state index contributed by atoms with van der Waals surface area (Å²) in [5, 5.41) is 1.23. The van der Waals surface area contributed by atoms with Gasteiger partial charge < -0.3 is 0 Å². The maximum Gasteiger partial charge on any atom is 0.0704 e. The number of hydrogen-bond acceptors (Lipinski definition) is 1. The van der Waals surface area contributed by atoms with Crippen molar-refractivity contribution in [3.05, 3.63) is 42.1 Å². The van der Waals surface area contributed by atoms with Crippen LogP contribution in [0.1, 0.15) is 25.3 Å². The summed E-state index contributed by atoms with van der Waals surface area (Å²) < 4.78 is 0. The molecule has 0 saturated carbocycles. The molecule has 1 aromatic heterocycles. The summed E-state index contributed by atoms with van der Waals surface area (Å²) in [5.74, 6) is 0. The van der Waals surface area contributed by atoms with Gasteiger partial charge in [-0.15, -0.1) is 0 Å². The number of pyridine rings is 1. The predicted octanol–water partition coefficient (Wildman–Crippen LogP) is 3.58. The Labute approximate surface area is 84.8 Å². The van der Waals surface area contributed by atoms with Crippen LogP contribution in [0.2, 0.25) is 0 Å². The molecule has 1 heteroatoms. The van der Waals surface area contributed by atoms with Crippen LogP contribution < -0.4 is 0 Å². The molecule has 72 valence electrons. The Balaban J connectivity index is 2.32. The van der Waals surface area contributed by atoms with Crippen molar-refractivity contribution >= 4 is 10.9 Å². The predicted molar refractivity (Wildman–Crippen MR) is 60.4 cm³/mol. The third kappa shape index (κ3) is 1.92. The summed E-state index contributed by atoms with van der Waals surface area (Å²) in [6.07, 6.45) is 5.54. The van der Waals surface area contributed by atoms with Crippen molar-refractivity contribution in [1.82, 2.24) is 4.98 Å². The van der Waals surface area contributed by atoms with Gasteiger partial charge in [0.15, 0.2) is 0 Å². The number of unbranched alkanes of at least 4 members (excludes halogenated alkanes) is 1. The van der Waals surface area contributed by atoms with E-state index in [1.54, 1.807) is 0 Å². The summed E-state index contributed by atoms with van der Waals surface area (Å²) in [6.45, 7) is 2.22. The molecule has 0 saturated heterocycles. The lowest BCUT2D eigenvalue weighted by atomic mass is 10.1. The Morgan fingerprint density at radius 3 is 3.00 bits per heavy atom. The van der Waals surface area contributed by atoms with Gasteiger partial charge in [-0.1, -0.05) is 31.5 Å². The number of hydrogen-bond donors (Lipinski definition) is 0. The number of fused-ring (bicyclic) bond motifs is 1. The van der Waals surface area contributed by atoms with Crippen molar-refractivity contribution in [3.8, 4) is 0 Å². The first-order chi connectivity index (χ1) is 6.90. The first-order valence-corrected chi connectivity index (χ1v) is 5.24. The van der Waals surface area contributed by atoms with Crippen LogP contribution in [0.25, 0.3) is 10.9 Å². The molecule has 0 spiro atoms. The van der Waals surface area contributed by atoms with Crippen molar-refractivity contribution in [2.75, 3.05) is 0 Å². The van der Waals surface area contributed by atoms with Gasteiger partial charge in [0.25, 0.3) is 0 Å². The number of rotatable bonds is 3. The molecule has 0 aliphatic carbocycles. The Morgan fingerprint density at radius 1 is 1.21 bits per heavy atom. The first-order valence-electron chi connectivity index (χ1n) is 5.24. The highest BCUT2D eigenvalue weighted by Gasteiger charge is 1.96. The van der Waals surface area contributed by atoms with E-state index >= 15 is 0 Å². The number of aromatic nitrogens is 1. The summed E-state index contributed by atoms with van der Waals surface area (Å²) in [4.78, 5) is 4.35. The van der Waals surface area contributed by atoms with Gasteiger partial charge in [0, 0.05) is 11.6 Å². The number of benzene rings is 1. The largest absolute Gasteiger partial charge is 0.256 e. The maximum atomic E-state index is 4.35. The molecule has 14 heavy (non-hydrogen) atoms. The zero-order valence-corrected chi connectivity index (χ0v) is 8.53. The van der Waals surface area contributed by atoms with Crippen LogP contribution in [0.3, 0.4) is 0 Å². The third-order valence-electron chi connectivity index (χ3n) is 2.49. The molecule has 0 amide bonds. The van der Waals surface area contributed by atoms with Crippen molar-refractivity contribution in [1.29, 1.82) is 0 Å². The fourth-order valence-electron chi connectivity index (χ4n) is 1.65. The van der Waals surface area contributed by atoms with Crippen LogP contribution in [0.4, 0.5) is 0 Å². The minimum Gasteiger partial charge on any atom is -0.256 e. The number of nitrogens with zero attached hydrogens (tertiary/aromatic N) is 1. The molecule has 0 fully saturated rings. The van der Waals surface area contributed by atoms with Crippen LogP contribution in [0.5, 0.6) is 0 Å². The standard InChI is InChI=1S/C13H15N/c1-2-3-5-11-7-8-12-6-4-9-14-13(12)10-11/h4,6-10H,2-3,5H2,1H3. The second kappa shape index (κ2) is 4.23. The van der Waals surface area contributed by atoms with E-state index in [9.17, 15) is 0 Å². The lowest BCUT2D eigenvalue weighted by Gasteiger charge is -2.01. The summed E-state index contributed by atoms with van der Waals surface area (Å²) >= 11 is 0. The third-order valence-corrected chi connectivity index (χ3v) is 2.49. The maximum absolute atomic E-state index is 4.35. The normalized spacial score (nSPS) is 10.6. The lowest BCUT2D eigenvalue weighted by molar-refractivity contribution is 0.796. The molecular weight excluding hydrogens is 170 g/mol. The van der Waals surface area contributed by atoms with Crippen LogP contribution in [-0.2, 0) is 6.42 Å². The van der Waals surface area contributed by atoms with Gasteiger partial charge in [-0.2, -0.15) is 0 Å². The summed E-state index contributed by atoms with van der Waals surface area (Å²) in [5.41, 5.74) is 2.51. The van der Waals surface area contributed by atoms with Gasteiger partial charge in [-0.25, -0.2) is 0 Å². The van der Waals surface area contributed by atoms with Gasteiger partial charge in [0.05, 0.1) is 5.52 Å². The van der Waals surface area contributed by atoms with Gasteiger partial charge in [-0.3, -0.25) is 4.98 Å². The topological polar surface area (TPSA) is 12.9 Å². The molecule has 0 bridgehead atoms. The van der Waals surface area contributed by atoms with Crippen LogP contribution >= 0.6 is 0 Å². The zero-order chi connectivity index (χ0) is 9.80. The molecule has 0 aliphatic rings. The van der Waals surface area contributed by atoms with Gasteiger partial charge in [-0.05, 0) is 30.5 Å². The van der Waals surface area contributed by atoms with Crippen molar-refractivity contribution in [3.63, 3.8) is 0 Å². The molecule has 1 heterocycles. The molecule has 0 atom stereocenters. The molecule has 0 N–H and O–H groups in total. The average Bonchev–Trinajstić information content (AvgIpc) is 2.26. The number of aryl methyl sites for hydroxylation is 1. The second-order valence-corrected chi connectivity index (χ2v) is 3.63. The quantitative estimate of drug-likeness (QED) is 0.712. The minimum absolute atomic E-state index is 1.11. The SMILES string of the molecule is CCCCc1ccc2cccnc2c1. The molecule has 0 aliphatic heterocycles. The Hall–Kier alpha value is -1.37. The van der Waals surface area contributed by atoms with E-state index in [0.717, 1.165) is 5.52 Å².